The van der Waals surface area contributed by atoms with Gasteiger partial charge in [0.05, 0.1) is 79.7 Å². The first-order chi connectivity index (χ1) is 32.5. The molecule has 0 aliphatic rings. The molecule has 0 bridgehead atoms. The van der Waals surface area contributed by atoms with Crippen molar-refractivity contribution in [2.24, 2.45) is 20.5 Å². The Morgan fingerprint density at radius 1 is 0.557 bits per heavy atom. The van der Waals surface area contributed by atoms with Crippen LogP contribution in [-0.2, 0) is 40.5 Å². The zero-order valence-electron chi connectivity index (χ0n) is 35.8. The minimum atomic E-state index is -4.74. The van der Waals surface area contributed by atoms with Crippen LogP contribution in [0.15, 0.2) is 90.9 Å². The van der Waals surface area contributed by atoms with Gasteiger partial charge >= 0.3 is 0 Å². The van der Waals surface area contributed by atoms with Crippen LogP contribution in [0.4, 0.5) is 52.0 Å². The number of ether oxygens (including phenoxy) is 2. The summed E-state index contributed by atoms with van der Waals surface area (Å²) in [5.41, 5.74) is -1.23. The second kappa shape index (κ2) is 22.9. The molecule has 5 aromatic rings. The monoisotopic (exact) mass is 1130 g/mol. The van der Waals surface area contributed by atoms with E-state index < -0.39 is 73.9 Å². The predicted octanol–water partition coefficient (Wildman–Crippen LogP) is 8.79. The van der Waals surface area contributed by atoms with E-state index in [0.29, 0.717) is 0 Å². The predicted molar refractivity (Wildman–Crippen MR) is 258 cm³/mol. The largest absolute Gasteiger partial charge is 0.491 e. The van der Waals surface area contributed by atoms with Gasteiger partial charge in [-0.05, 0) is 75.2 Å². The Kier molecular flexibility index (Phi) is 18.3. The van der Waals surface area contributed by atoms with E-state index in [2.05, 4.69) is 51.4 Å². The average Bonchev–Trinajstić information content (AvgIpc) is 3.23. The summed E-state index contributed by atoms with van der Waals surface area (Å²) in [6, 6.07) is 12.0. The third-order valence-corrected chi connectivity index (χ3v) is 13.5. The lowest BCUT2D eigenvalue weighted by Gasteiger charge is -2.24. The van der Waals surface area contributed by atoms with Crippen LogP contribution in [0.5, 0.6) is 11.5 Å². The van der Waals surface area contributed by atoms with E-state index in [1.54, 1.807) is 13.8 Å². The molecule has 1 heterocycles. The molecule has 25 nitrogen and oxygen atoms in total. The maximum atomic E-state index is 11.8. The molecule has 0 atom stereocenters. The topological polar surface area (TPSA) is 380 Å². The van der Waals surface area contributed by atoms with Crippen molar-refractivity contribution in [2.75, 3.05) is 47.3 Å². The average molecular weight is 1130 g/mol. The van der Waals surface area contributed by atoms with Crippen LogP contribution in [0.2, 0.25) is 20.1 Å². The highest BCUT2D eigenvalue weighted by Gasteiger charge is 2.22. The van der Waals surface area contributed by atoms with Crippen molar-refractivity contribution in [3.63, 3.8) is 0 Å². The fourth-order valence-electron chi connectivity index (χ4n) is 5.37. The molecule has 0 aliphatic carbocycles. The third kappa shape index (κ3) is 17.0. The van der Waals surface area contributed by atoms with Crippen LogP contribution in [0.1, 0.15) is 26.7 Å². The number of benzene rings is 4. The van der Waals surface area contributed by atoms with Crippen LogP contribution < -0.4 is 25.4 Å². The summed E-state index contributed by atoms with van der Waals surface area (Å²) in [5, 5.41) is 34.2. The highest BCUT2D eigenvalue weighted by molar-refractivity contribution is 7.86. The second-order valence-electron chi connectivity index (χ2n) is 14.9. The number of nitrogens with zero attached hydrogens (tertiary/aromatic N) is 7. The maximum Gasteiger partial charge on any atom is 0.296 e. The van der Waals surface area contributed by atoms with Gasteiger partial charge in [0.25, 0.3) is 40.5 Å². The van der Waals surface area contributed by atoms with Crippen LogP contribution in [0.3, 0.4) is 0 Å². The molecule has 0 saturated carbocycles. The van der Waals surface area contributed by atoms with E-state index in [4.69, 9.17) is 55.9 Å². The fraction of sp³-hybridized carbons (Fsp3) is 0.270. The van der Waals surface area contributed by atoms with Crippen LogP contribution in [-0.4, -0.2) is 109 Å². The number of aromatic nitrogens is 3. The Labute approximate surface area is 419 Å². The van der Waals surface area contributed by atoms with Gasteiger partial charge in [0.15, 0.2) is 0 Å². The summed E-state index contributed by atoms with van der Waals surface area (Å²) in [6.45, 7) is 2.24. The standard InChI is InChI=1S/C37H38Cl4N10O15S4/c1-37(2,19-52)47-36-45-34(42-28-15-24(40)26(17-30(28)65-9-3-11-67(53,54)55)50-48-20-5-7-22(38)32(13-20)69(59,60)61)44-35(46-36)43-29-16-25(41)27(18-31(29)66-10-4-12-68(56,57)58)51-49-21-6-8-23(39)33(14-21)70(62,63)64/h5-8,13-18,52H,3-4,9-12,19H2,1-2H3,(H,53,54,55)(H,56,57,58)(H,59,60,61)(H,62,63,64)(H3,42,43,44,45,46,47). The van der Waals surface area contributed by atoms with Crippen LogP contribution >= 0.6 is 46.4 Å². The first kappa shape index (κ1) is 55.8. The molecule has 0 aliphatic heterocycles. The van der Waals surface area contributed by atoms with Gasteiger partial charge in [-0.15, -0.1) is 10.2 Å². The van der Waals surface area contributed by atoms with Crippen molar-refractivity contribution in [2.45, 2.75) is 42.0 Å². The number of azo groups is 2. The summed E-state index contributed by atoms with van der Waals surface area (Å²) < 4.78 is 142. The Bertz CT molecular complexity index is 3100. The summed E-state index contributed by atoms with van der Waals surface area (Å²) in [5.74, 6) is -2.07. The summed E-state index contributed by atoms with van der Waals surface area (Å²) in [6.07, 6.45) is -0.381. The number of anilines is 5. The Morgan fingerprint density at radius 3 is 1.30 bits per heavy atom. The molecule has 0 spiro atoms. The van der Waals surface area contributed by atoms with E-state index in [9.17, 15) is 57.0 Å². The number of rotatable bonds is 23. The van der Waals surface area contributed by atoms with Gasteiger partial charge in [0.2, 0.25) is 17.8 Å². The highest BCUT2D eigenvalue weighted by atomic mass is 35.5. The minimum Gasteiger partial charge on any atom is -0.491 e. The van der Waals surface area contributed by atoms with E-state index in [-0.39, 0.29) is 110 Å². The van der Waals surface area contributed by atoms with Gasteiger partial charge in [-0.1, -0.05) is 46.4 Å². The number of hydrogen-bond acceptors (Lipinski definition) is 21. The summed E-state index contributed by atoms with van der Waals surface area (Å²) in [7, 11) is -18.2. The molecular formula is C37H38Cl4N10O15S4. The number of aliphatic hydroxyl groups excluding tert-OH is 1. The minimum absolute atomic E-state index is 0.0329. The fourth-order valence-corrected chi connectivity index (χ4v) is 8.73. The van der Waals surface area contributed by atoms with Gasteiger partial charge in [-0.3, -0.25) is 18.2 Å². The van der Waals surface area contributed by atoms with Crippen molar-refractivity contribution in [3.8, 4) is 11.5 Å². The van der Waals surface area contributed by atoms with Crippen LogP contribution in [0.25, 0.3) is 0 Å². The lowest BCUT2D eigenvalue weighted by molar-refractivity contribution is 0.233. The number of nitrogens with one attached hydrogen (secondary N) is 3. The van der Waals surface area contributed by atoms with Crippen molar-refractivity contribution in [1.82, 2.24) is 15.0 Å². The first-order valence-electron chi connectivity index (χ1n) is 19.4. The van der Waals surface area contributed by atoms with Gasteiger partial charge in [-0.25, -0.2) is 0 Å². The van der Waals surface area contributed by atoms with Crippen molar-refractivity contribution in [3.05, 3.63) is 80.8 Å². The molecule has 1 aromatic heterocycles. The lowest BCUT2D eigenvalue weighted by Crippen LogP contribution is -2.35. The normalized spacial score (nSPS) is 12.7. The molecule has 0 fully saturated rings. The summed E-state index contributed by atoms with van der Waals surface area (Å²) in [4.78, 5) is 11.9. The zero-order chi connectivity index (χ0) is 51.8. The molecule has 33 heteroatoms. The lowest BCUT2D eigenvalue weighted by atomic mass is 10.1. The van der Waals surface area contributed by atoms with E-state index >= 15 is 0 Å². The number of hydrogen-bond donors (Lipinski definition) is 8. The Morgan fingerprint density at radius 2 is 0.943 bits per heavy atom. The number of halogens is 4. The van der Waals surface area contributed by atoms with E-state index in [0.717, 1.165) is 24.3 Å². The molecule has 5 rings (SSSR count). The van der Waals surface area contributed by atoms with Gasteiger partial charge in [-0.2, -0.15) is 58.9 Å². The quantitative estimate of drug-likeness (QED) is 0.0172. The molecule has 70 heavy (non-hydrogen) atoms. The molecular weight excluding hydrogens is 1090 g/mol. The van der Waals surface area contributed by atoms with E-state index in [1.807, 2.05) is 0 Å². The third-order valence-electron chi connectivity index (χ3n) is 8.61. The Hall–Kier alpha value is -5.15. The van der Waals surface area contributed by atoms with Crippen LogP contribution in [0, 0.1) is 0 Å². The maximum absolute atomic E-state index is 11.8. The molecule has 8 N–H and O–H groups in total. The van der Waals surface area contributed by atoms with Gasteiger partial charge in [0, 0.05) is 12.1 Å². The smallest absolute Gasteiger partial charge is 0.296 e. The first-order valence-corrected chi connectivity index (χ1v) is 27.0. The SMILES string of the molecule is CC(C)(CO)Nc1nc(Nc2cc(Cl)c(N=Nc3ccc(Cl)c(S(=O)(=O)O)c3)cc2OCCCS(=O)(=O)O)nc(Nc2cc(Cl)c(N=Nc3ccc(Cl)c(S(=O)(=O)O)c3)cc2OCCCS(=O)(=O)O)n1. The molecule has 0 radical (unpaired) electrons. The van der Waals surface area contributed by atoms with Crippen molar-refractivity contribution in [1.29, 1.82) is 0 Å². The van der Waals surface area contributed by atoms with E-state index in [1.165, 1.54) is 36.4 Å². The van der Waals surface area contributed by atoms with Gasteiger partial charge in [0.1, 0.15) is 32.7 Å². The van der Waals surface area contributed by atoms with Gasteiger partial charge < -0.3 is 30.5 Å². The molecule has 4 aromatic carbocycles. The zero-order valence-corrected chi connectivity index (χ0v) is 42.1. The highest BCUT2D eigenvalue weighted by Crippen LogP contribution is 2.41. The summed E-state index contributed by atoms with van der Waals surface area (Å²) >= 11 is 25.1. The molecule has 0 amide bonds. The molecule has 378 valence electrons. The molecule has 0 saturated heterocycles. The number of aliphatic hydroxyl groups is 1. The second-order valence-corrected chi connectivity index (χ2v) is 22.4. The van der Waals surface area contributed by atoms with Crippen molar-refractivity contribution >= 4 is 139 Å². The molecule has 0 unspecified atom stereocenters. The van der Waals surface area contributed by atoms with Crippen molar-refractivity contribution < 1.29 is 66.5 Å². The Balaban J connectivity index is 1.57.